The van der Waals surface area contributed by atoms with E-state index in [1.165, 1.54) is 0 Å². The molecule has 1 aromatic heterocycles. The van der Waals surface area contributed by atoms with Gasteiger partial charge in [-0.3, -0.25) is 0 Å². The van der Waals surface area contributed by atoms with Crippen LogP contribution in [0, 0.1) is 0 Å². The Labute approximate surface area is 98.4 Å². The molecule has 0 atom stereocenters. The summed E-state index contributed by atoms with van der Waals surface area (Å²) in [5.41, 5.74) is 0. The van der Waals surface area contributed by atoms with Crippen LogP contribution in [0.1, 0.15) is 0 Å². The number of rotatable bonds is 0. The Bertz CT molecular complexity index is 263. The summed E-state index contributed by atoms with van der Waals surface area (Å²) in [7, 11) is 0. The van der Waals surface area contributed by atoms with Crippen LogP contribution in [-0.4, -0.2) is 64.5 Å². The lowest BCUT2D eigenvalue weighted by atomic mass is 10.7. The van der Waals surface area contributed by atoms with E-state index in [1.807, 2.05) is 0 Å². The molecule has 1 aromatic rings. The maximum Gasteiger partial charge on any atom is 0.503 e. The third-order valence-electron chi connectivity index (χ3n) is 0.409. The molecule has 0 aliphatic heterocycles. The summed E-state index contributed by atoms with van der Waals surface area (Å²) in [5, 5.41) is 52.0. The molecular weight excluding hydrogens is 258 g/mol. The fourth-order valence-corrected chi connectivity index (χ4v) is 0.205. The fourth-order valence-electron chi connectivity index (χ4n) is 0.205. The average Bonchev–Trinajstić information content (AvgIpc) is 2.17. The van der Waals surface area contributed by atoms with Crippen molar-refractivity contribution < 1.29 is 45.0 Å². The minimum Gasteiger partial charge on any atom is -0.450 e. The maximum atomic E-state index is 8.56. The van der Waals surface area contributed by atoms with Crippen LogP contribution in [0.15, 0.2) is 18.5 Å². The summed E-state index contributed by atoms with van der Waals surface area (Å²) in [4.78, 5) is 25.7. The van der Waals surface area contributed by atoms with Crippen LogP contribution in [0.25, 0.3) is 0 Å². The van der Waals surface area contributed by atoms with Gasteiger partial charge in [-0.05, 0) is 11.3 Å². The molecular formula is C6H9N3O9. The normalized spacial score (nSPS) is 6.67. The zero-order valence-electron chi connectivity index (χ0n) is 8.48. The smallest absolute Gasteiger partial charge is 0.450 e. The van der Waals surface area contributed by atoms with E-state index in [0.717, 1.165) is 0 Å². The van der Waals surface area contributed by atoms with E-state index >= 15 is 0 Å². The monoisotopic (exact) mass is 267 g/mol. The lowest BCUT2D eigenvalue weighted by Crippen LogP contribution is -1.81. The van der Waals surface area contributed by atoms with Crippen molar-refractivity contribution in [3.05, 3.63) is 18.5 Å². The van der Waals surface area contributed by atoms with Crippen LogP contribution < -0.4 is 0 Å². The van der Waals surface area contributed by atoms with Gasteiger partial charge in [-0.1, -0.05) is 0 Å². The Morgan fingerprint density at radius 1 is 0.667 bits per heavy atom. The predicted molar refractivity (Wildman–Crippen MR) is 51.8 cm³/mol. The van der Waals surface area contributed by atoms with Crippen molar-refractivity contribution in [1.82, 2.24) is 15.4 Å². The molecule has 102 valence electrons. The number of carbonyl (C=O) groups is 3. The number of hydrogen-bond acceptors (Lipinski definition) is 6. The van der Waals surface area contributed by atoms with Crippen LogP contribution in [0.4, 0.5) is 14.4 Å². The van der Waals surface area contributed by atoms with Gasteiger partial charge in [-0.15, -0.1) is 10.2 Å². The molecule has 0 saturated heterocycles. The van der Waals surface area contributed by atoms with E-state index in [9.17, 15) is 0 Å². The summed E-state index contributed by atoms with van der Waals surface area (Å²) < 4.78 is 0. The summed E-state index contributed by atoms with van der Waals surface area (Å²) in [6.07, 6.45) is -2.35. The summed E-state index contributed by atoms with van der Waals surface area (Å²) >= 11 is 0. The van der Waals surface area contributed by atoms with Gasteiger partial charge in [-0.2, -0.15) is 0 Å². The number of carboxylic acid groups (broad SMARTS) is 6. The second kappa shape index (κ2) is 16.3. The van der Waals surface area contributed by atoms with E-state index in [4.69, 9.17) is 45.0 Å². The highest BCUT2D eigenvalue weighted by Crippen LogP contribution is 1.61. The Morgan fingerprint density at radius 2 is 0.889 bits per heavy atom. The van der Waals surface area contributed by atoms with E-state index in [1.54, 1.807) is 18.5 Å². The lowest BCUT2D eigenvalue weighted by Gasteiger charge is -1.68. The quantitative estimate of drug-likeness (QED) is 0.380. The number of nitrogens with zero attached hydrogens (tertiary/aromatic N) is 3. The van der Waals surface area contributed by atoms with Crippen molar-refractivity contribution in [2.45, 2.75) is 0 Å². The molecule has 0 saturated carbocycles. The second-order valence-electron chi connectivity index (χ2n) is 1.66. The van der Waals surface area contributed by atoms with E-state index in [2.05, 4.69) is 15.4 Å². The molecule has 12 nitrogen and oxygen atoms in total. The molecule has 0 radical (unpaired) electrons. The standard InChI is InChI=1S/C3H3N3.3CH2O3/c1-2-4-6-5-3-1;3*2-1(3)4/h1-3H;3*(H2,2,3,4). The van der Waals surface area contributed by atoms with Crippen molar-refractivity contribution in [2.75, 3.05) is 0 Å². The maximum absolute atomic E-state index is 8.56. The van der Waals surface area contributed by atoms with Crippen molar-refractivity contribution in [2.24, 2.45) is 0 Å². The highest BCUT2D eigenvalue weighted by atomic mass is 16.6. The molecule has 0 unspecified atom stereocenters. The van der Waals surface area contributed by atoms with E-state index < -0.39 is 18.5 Å². The van der Waals surface area contributed by atoms with Gasteiger partial charge in [0.15, 0.2) is 0 Å². The average molecular weight is 267 g/mol. The topological polar surface area (TPSA) is 211 Å². The van der Waals surface area contributed by atoms with Crippen LogP contribution in [0.2, 0.25) is 0 Å². The van der Waals surface area contributed by atoms with E-state index in [-0.39, 0.29) is 0 Å². The van der Waals surface area contributed by atoms with Gasteiger partial charge in [0.1, 0.15) is 0 Å². The van der Waals surface area contributed by atoms with Gasteiger partial charge in [0.05, 0.1) is 12.4 Å². The SMILES string of the molecule is O=C(O)O.O=C(O)O.O=C(O)O.c1cnnnc1. The summed E-state index contributed by atoms with van der Waals surface area (Å²) in [6.45, 7) is 0. The fraction of sp³-hybridized carbons (Fsp3) is 0. The second-order valence-corrected chi connectivity index (χ2v) is 1.66. The molecule has 0 amide bonds. The first-order valence-electron chi connectivity index (χ1n) is 3.54. The largest absolute Gasteiger partial charge is 0.503 e. The molecule has 0 aliphatic rings. The van der Waals surface area contributed by atoms with Crippen LogP contribution in [0.3, 0.4) is 0 Å². The number of aromatic nitrogens is 3. The summed E-state index contributed by atoms with van der Waals surface area (Å²) in [5.74, 6) is 0. The number of hydrogen-bond donors (Lipinski definition) is 6. The highest BCUT2D eigenvalue weighted by molar-refractivity contribution is 5.53. The Balaban J connectivity index is -0.000000171. The van der Waals surface area contributed by atoms with E-state index in [0.29, 0.717) is 0 Å². The van der Waals surface area contributed by atoms with Gasteiger partial charge in [0.2, 0.25) is 0 Å². The van der Waals surface area contributed by atoms with Gasteiger partial charge < -0.3 is 30.6 Å². The molecule has 6 N–H and O–H groups in total. The van der Waals surface area contributed by atoms with Gasteiger partial charge in [0.25, 0.3) is 0 Å². The Morgan fingerprint density at radius 3 is 0.944 bits per heavy atom. The first-order valence-corrected chi connectivity index (χ1v) is 3.54. The molecule has 1 rings (SSSR count). The van der Waals surface area contributed by atoms with Crippen LogP contribution in [0.5, 0.6) is 0 Å². The van der Waals surface area contributed by atoms with Crippen molar-refractivity contribution in [3.63, 3.8) is 0 Å². The Hall–Kier alpha value is -3.18. The first kappa shape index (κ1) is 20.3. The molecule has 0 aromatic carbocycles. The predicted octanol–water partition coefficient (Wildman–Crippen LogP) is 0.539. The third kappa shape index (κ3) is 225. The van der Waals surface area contributed by atoms with Crippen molar-refractivity contribution in [1.29, 1.82) is 0 Å². The van der Waals surface area contributed by atoms with Gasteiger partial charge in [0, 0.05) is 0 Å². The minimum absolute atomic E-state index is 1.58. The van der Waals surface area contributed by atoms with Gasteiger partial charge in [-0.25, -0.2) is 14.4 Å². The molecule has 1 heterocycles. The summed E-state index contributed by atoms with van der Waals surface area (Å²) in [6, 6.07) is 1.72. The molecule has 0 fully saturated rings. The molecule has 18 heavy (non-hydrogen) atoms. The molecule has 0 bridgehead atoms. The lowest BCUT2D eigenvalue weighted by molar-refractivity contribution is 0.135. The molecule has 0 spiro atoms. The molecule has 12 heteroatoms. The Kier molecular flexibility index (Phi) is 18.3. The highest BCUT2D eigenvalue weighted by Gasteiger charge is 1.71. The first-order chi connectivity index (χ1) is 8.20. The minimum atomic E-state index is -1.83. The zero-order chi connectivity index (χ0) is 15.0. The van der Waals surface area contributed by atoms with Crippen LogP contribution >= 0.6 is 0 Å². The van der Waals surface area contributed by atoms with Gasteiger partial charge >= 0.3 is 18.5 Å². The third-order valence-corrected chi connectivity index (χ3v) is 0.409. The zero-order valence-corrected chi connectivity index (χ0v) is 8.48. The van der Waals surface area contributed by atoms with Crippen LogP contribution in [-0.2, 0) is 0 Å². The van der Waals surface area contributed by atoms with Crippen molar-refractivity contribution in [3.8, 4) is 0 Å². The van der Waals surface area contributed by atoms with Crippen molar-refractivity contribution >= 4 is 18.5 Å². The molecule has 0 aliphatic carbocycles.